The summed E-state index contributed by atoms with van der Waals surface area (Å²) in [6.45, 7) is 1.37. The van der Waals surface area contributed by atoms with Gasteiger partial charge in [0.15, 0.2) is 0 Å². The molecule has 2 N–H and O–H groups in total. The Labute approximate surface area is 127 Å². The van der Waals surface area contributed by atoms with Gasteiger partial charge in [0.2, 0.25) is 0 Å². The third-order valence-corrected chi connectivity index (χ3v) is 4.01. The minimum atomic E-state index is -0.307. The highest BCUT2D eigenvalue weighted by Gasteiger charge is 2.25. The monoisotopic (exact) mass is 303 g/mol. The molecule has 1 aromatic heterocycles. The van der Waals surface area contributed by atoms with Crippen molar-refractivity contribution in [3.63, 3.8) is 0 Å². The fourth-order valence-electron chi connectivity index (χ4n) is 2.77. The number of hydrogen-bond donors (Lipinski definition) is 2. The van der Waals surface area contributed by atoms with E-state index in [9.17, 15) is 14.3 Å². The van der Waals surface area contributed by atoms with Gasteiger partial charge < -0.3 is 10.0 Å². The van der Waals surface area contributed by atoms with E-state index in [0.29, 0.717) is 24.5 Å². The van der Waals surface area contributed by atoms with Crippen LogP contribution in [0.5, 0.6) is 0 Å². The van der Waals surface area contributed by atoms with Gasteiger partial charge in [-0.15, -0.1) is 0 Å². The molecule has 1 unspecified atom stereocenters. The van der Waals surface area contributed by atoms with Crippen molar-refractivity contribution in [2.24, 2.45) is 5.92 Å². The molecule has 1 saturated heterocycles. The van der Waals surface area contributed by atoms with Crippen LogP contribution in [0.2, 0.25) is 0 Å². The Kier molecular flexibility index (Phi) is 4.20. The lowest BCUT2D eigenvalue weighted by Crippen LogP contribution is -2.41. The van der Waals surface area contributed by atoms with Gasteiger partial charge in [-0.2, -0.15) is 5.10 Å². The lowest BCUT2D eigenvalue weighted by atomic mass is 9.99. The van der Waals surface area contributed by atoms with Crippen molar-refractivity contribution >= 4 is 5.91 Å². The Hall–Kier alpha value is -2.21. The highest BCUT2D eigenvalue weighted by Crippen LogP contribution is 2.21. The van der Waals surface area contributed by atoms with Crippen LogP contribution in [0.4, 0.5) is 4.39 Å². The van der Waals surface area contributed by atoms with Crippen LogP contribution in [0.25, 0.3) is 11.3 Å². The van der Waals surface area contributed by atoms with Crippen molar-refractivity contribution in [2.45, 2.75) is 12.8 Å². The lowest BCUT2D eigenvalue weighted by molar-refractivity contribution is 0.0615. The van der Waals surface area contributed by atoms with Crippen LogP contribution in [-0.2, 0) is 0 Å². The van der Waals surface area contributed by atoms with Crippen molar-refractivity contribution in [2.75, 3.05) is 19.7 Å². The standard InChI is InChI=1S/C16H18FN3O2/c17-13-5-3-12(4-6-13)14-8-15(19-18-14)16(22)20-7-1-2-11(9-20)10-21/h3-6,8,11,21H,1-2,7,9-10H2,(H,18,19). The van der Waals surface area contributed by atoms with E-state index in [1.165, 1.54) is 12.1 Å². The number of H-pyrrole nitrogens is 1. The number of benzene rings is 1. The summed E-state index contributed by atoms with van der Waals surface area (Å²) in [6, 6.07) is 7.66. The number of rotatable bonds is 3. The number of likely N-dealkylation sites (tertiary alicyclic amines) is 1. The molecule has 0 radical (unpaired) electrons. The normalized spacial score (nSPS) is 18.5. The second kappa shape index (κ2) is 6.27. The molecule has 1 aliphatic heterocycles. The minimum absolute atomic E-state index is 0.105. The molecular formula is C16H18FN3O2. The van der Waals surface area contributed by atoms with Gasteiger partial charge in [0, 0.05) is 25.3 Å². The number of carbonyl (C=O) groups is 1. The summed E-state index contributed by atoms with van der Waals surface area (Å²) in [6.07, 6.45) is 1.85. The molecule has 1 aliphatic rings. The molecule has 5 nitrogen and oxygen atoms in total. The molecule has 3 rings (SSSR count). The highest BCUT2D eigenvalue weighted by molar-refractivity contribution is 5.93. The predicted molar refractivity (Wildman–Crippen MR) is 79.7 cm³/mol. The molecule has 0 bridgehead atoms. The molecule has 2 heterocycles. The maximum absolute atomic E-state index is 12.9. The molecule has 1 amide bonds. The largest absolute Gasteiger partial charge is 0.396 e. The summed E-state index contributed by atoms with van der Waals surface area (Å²) < 4.78 is 12.9. The van der Waals surface area contributed by atoms with Crippen LogP contribution < -0.4 is 0 Å². The van der Waals surface area contributed by atoms with Gasteiger partial charge in [0.25, 0.3) is 5.91 Å². The Morgan fingerprint density at radius 3 is 2.91 bits per heavy atom. The Bertz CT molecular complexity index is 654. The van der Waals surface area contributed by atoms with Gasteiger partial charge in [-0.05, 0) is 49.1 Å². The van der Waals surface area contributed by atoms with Crippen LogP contribution in [0.15, 0.2) is 30.3 Å². The first-order valence-corrected chi connectivity index (χ1v) is 7.39. The van der Waals surface area contributed by atoms with Crippen molar-refractivity contribution in [3.05, 3.63) is 41.8 Å². The van der Waals surface area contributed by atoms with Crippen molar-refractivity contribution in [1.82, 2.24) is 15.1 Å². The zero-order valence-corrected chi connectivity index (χ0v) is 12.1. The molecule has 0 saturated carbocycles. The van der Waals surface area contributed by atoms with Gasteiger partial charge in [0.05, 0.1) is 5.69 Å². The van der Waals surface area contributed by atoms with Crippen LogP contribution in [0, 0.1) is 11.7 Å². The van der Waals surface area contributed by atoms with E-state index < -0.39 is 0 Å². The average molecular weight is 303 g/mol. The van der Waals surface area contributed by atoms with Gasteiger partial charge >= 0.3 is 0 Å². The van der Waals surface area contributed by atoms with E-state index in [1.807, 2.05) is 0 Å². The van der Waals surface area contributed by atoms with Crippen molar-refractivity contribution < 1.29 is 14.3 Å². The smallest absolute Gasteiger partial charge is 0.271 e. The number of nitrogens with one attached hydrogen (secondary N) is 1. The number of amides is 1. The Morgan fingerprint density at radius 2 is 2.18 bits per heavy atom. The molecule has 116 valence electrons. The molecule has 1 atom stereocenters. The number of halogens is 1. The van der Waals surface area contributed by atoms with Gasteiger partial charge in [0.1, 0.15) is 11.5 Å². The third kappa shape index (κ3) is 3.01. The van der Waals surface area contributed by atoms with Gasteiger partial charge in [-0.25, -0.2) is 4.39 Å². The number of hydrogen-bond acceptors (Lipinski definition) is 3. The number of aromatic nitrogens is 2. The fourth-order valence-corrected chi connectivity index (χ4v) is 2.77. The first kappa shape index (κ1) is 14.7. The molecule has 0 aliphatic carbocycles. The molecule has 1 aromatic carbocycles. The molecule has 22 heavy (non-hydrogen) atoms. The summed E-state index contributed by atoms with van der Waals surface area (Å²) in [5.74, 6) is -0.268. The SMILES string of the molecule is O=C(c1cc(-c2ccc(F)cc2)n[nH]1)N1CCCC(CO)C1. The summed E-state index contributed by atoms with van der Waals surface area (Å²) in [7, 11) is 0. The highest BCUT2D eigenvalue weighted by atomic mass is 19.1. The van der Waals surface area contributed by atoms with E-state index in [0.717, 1.165) is 18.4 Å². The molecule has 2 aromatic rings. The van der Waals surface area contributed by atoms with E-state index in [-0.39, 0.29) is 24.2 Å². The molecule has 6 heteroatoms. The average Bonchev–Trinajstić information content (AvgIpc) is 3.05. The first-order valence-electron chi connectivity index (χ1n) is 7.39. The van der Waals surface area contributed by atoms with Crippen LogP contribution in [0.1, 0.15) is 23.3 Å². The number of aliphatic hydroxyl groups is 1. The van der Waals surface area contributed by atoms with E-state index in [1.54, 1.807) is 23.1 Å². The Morgan fingerprint density at radius 1 is 1.41 bits per heavy atom. The van der Waals surface area contributed by atoms with E-state index >= 15 is 0 Å². The third-order valence-electron chi connectivity index (χ3n) is 4.01. The molecular weight excluding hydrogens is 285 g/mol. The summed E-state index contributed by atoms with van der Waals surface area (Å²) in [4.78, 5) is 14.2. The summed E-state index contributed by atoms with van der Waals surface area (Å²) in [5, 5.41) is 16.1. The zero-order valence-electron chi connectivity index (χ0n) is 12.1. The van der Waals surface area contributed by atoms with E-state index in [2.05, 4.69) is 10.2 Å². The van der Waals surface area contributed by atoms with Crippen molar-refractivity contribution in [3.8, 4) is 11.3 Å². The summed E-state index contributed by atoms with van der Waals surface area (Å²) >= 11 is 0. The Balaban J connectivity index is 1.75. The second-order valence-corrected chi connectivity index (χ2v) is 5.62. The van der Waals surface area contributed by atoms with Crippen LogP contribution >= 0.6 is 0 Å². The number of carbonyl (C=O) groups excluding carboxylic acids is 1. The van der Waals surface area contributed by atoms with Gasteiger partial charge in [-0.1, -0.05) is 0 Å². The number of nitrogens with zero attached hydrogens (tertiary/aromatic N) is 2. The number of aliphatic hydroxyl groups excluding tert-OH is 1. The number of piperidine rings is 1. The van der Waals surface area contributed by atoms with Crippen molar-refractivity contribution in [1.29, 1.82) is 0 Å². The van der Waals surface area contributed by atoms with Crippen LogP contribution in [-0.4, -0.2) is 45.8 Å². The topological polar surface area (TPSA) is 69.2 Å². The molecule has 0 spiro atoms. The summed E-state index contributed by atoms with van der Waals surface area (Å²) in [5.41, 5.74) is 1.78. The lowest BCUT2D eigenvalue weighted by Gasteiger charge is -2.31. The van der Waals surface area contributed by atoms with E-state index in [4.69, 9.17) is 0 Å². The predicted octanol–water partition coefficient (Wildman–Crippen LogP) is 2.06. The first-order chi connectivity index (χ1) is 10.7. The maximum atomic E-state index is 12.9. The van der Waals surface area contributed by atoms with Gasteiger partial charge in [-0.3, -0.25) is 9.89 Å². The maximum Gasteiger partial charge on any atom is 0.271 e. The van der Waals surface area contributed by atoms with Crippen LogP contribution in [0.3, 0.4) is 0 Å². The second-order valence-electron chi connectivity index (χ2n) is 5.62. The minimum Gasteiger partial charge on any atom is -0.396 e. The number of aromatic amines is 1. The molecule has 1 fully saturated rings. The zero-order chi connectivity index (χ0) is 15.5. The quantitative estimate of drug-likeness (QED) is 0.912. The fraction of sp³-hybridized carbons (Fsp3) is 0.375.